The Balaban J connectivity index is 2.18. The Kier molecular flexibility index (Phi) is 2.64. The second-order valence-electron chi connectivity index (χ2n) is 3.98. The lowest BCUT2D eigenvalue weighted by molar-refractivity contribution is -0.119. The Bertz CT molecular complexity index is 431. The molecule has 1 amide bonds. The van der Waals surface area contributed by atoms with Crippen molar-refractivity contribution < 1.29 is 4.79 Å². The molecular weight excluding hydrogens is 206 g/mol. The Morgan fingerprint density at radius 3 is 2.81 bits per heavy atom. The second kappa shape index (κ2) is 3.96. The van der Waals surface area contributed by atoms with E-state index in [1.54, 1.807) is 6.92 Å². The number of nitrogens with zero attached hydrogens (tertiary/aromatic N) is 2. The first-order valence-corrected chi connectivity index (χ1v) is 5.20. The van der Waals surface area contributed by atoms with Crippen LogP contribution in [0.3, 0.4) is 0 Å². The van der Waals surface area contributed by atoms with Crippen LogP contribution in [0.25, 0.3) is 0 Å². The average molecular weight is 221 g/mol. The van der Waals surface area contributed by atoms with E-state index in [1.165, 1.54) is 0 Å². The van der Waals surface area contributed by atoms with Crippen molar-refractivity contribution in [2.75, 3.05) is 17.6 Å². The smallest absolute Gasteiger partial charge is 0.222 e. The predicted octanol–water partition coefficient (Wildman–Crippen LogP) is -0.0240. The van der Waals surface area contributed by atoms with Crippen molar-refractivity contribution in [3.63, 3.8) is 0 Å². The maximum atomic E-state index is 11.1. The monoisotopic (exact) mass is 221 g/mol. The molecule has 6 heteroatoms. The van der Waals surface area contributed by atoms with Gasteiger partial charge in [0.05, 0.1) is 6.04 Å². The van der Waals surface area contributed by atoms with E-state index in [2.05, 4.69) is 20.6 Å². The Morgan fingerprint density at radius 1 is 1.44 bits per heavy atom. The van der Waals surface area contributed by atoms with Crippen molar-refractivity contribution in [3.05, 3.63) is 11.4 Å². The fourth-order valence-corrected chi connectivity index (χ4v) is 1.69. The van der Waals surface area contributed by atoms with Crippen LogP contribution in [0, 0.1) is 13.8 Å². The lowest BCUT2D eigenvalue weighted by Gasteiger charge is -2.14. The van der Waals surface area contributed by atoms with E-state index in [0.29, 0.717) is 30.4 Å². The molecule has 0 spiro atoms. The molecule has 1 fully saturated rings. The van der Waals surface area contributed by atoms with Gasteiger partial charge in [0.1, 0.15) is 17.5 Å². The van der Waals surface area contributed by atoms with Crippen molar-refractivity contribution in [1.29, 1.82) is 0 Å². The first-order chi connectivity index (χ1) is 7.56. The molecule has 1 aromatic heterocycles. The van der Waals surface area contributed by atoms with E-state index in [1.807, 2.05) is 6.92 Å². The van der Waals surface area contributed by atoms with Gasteiger partial charge in [-0.2, -0.15) is 0 Å². The maximum absolute atomic E-state index is 11.1. The van der Waals surface area contributed by atoms with Gasteiger partial charge >= 0.3 is 0 Å². The normalized spacial score (nSPS) is 19.6. The van der Waals surface area contributed by atoms with E-state index < -0.39 is 0 Å². The second-order valence-corrected chi connectivity index (χ2v) is 3.98. The highest BCUT2D eigenvalue weighted by Crippen LogP contribution is 2.19. The molecule has 16 heavy (non-hydrogen) atoms. The first kappa shape index (κ1) is 10.7. The van der Waals surface area contributed by atoms with Crippen molar-refractivity contribution in [2.45, 2.75) is 26.3 Å². The van der Waals surface area contributed by atoms with Crippen LogP contribution in [-0.2, 0) is 4.79 Å². The van der Waals surface area contributed by atoms with Gasteiger partial charge in [-0.1, -0.05) is 0 Å². The quantitative estimate of drug-likeness (QED) is 0.652. The van der Waals surface area contributed by atoms with Crippen LogP contribution in [0.1, 0.15) is 17.8 Å². The predicted molar refractivity (Wildman–Crippen MR) is 61.0 cm³/mol. The summed E-state index contributed by atoms with van der Waals surface area (Å²) in [5, 5.41) is 5.97. The van der Waals surface area contributed by atoms with Gasteiger partial charge in [0, 0.05) is 18.5 Å². The largest absolute Gasteiger partial charge is 0.383 e. The topological polar surface area (TPSA) is 92.9 Å². The molecule has 1 aromatic rings. The minimum atomic E-state index is 0.0638. The highest BCUT2D eigenvalue weighted by atomic mass is 16.1. The molecule has 0 radical (unpaired) electrons. The number of aryl methyl sites for hydroxylation is 1. The Hall–Kier alpha value is -1.85. The summed E-state index contributed by atoms with van der Waals surface area (Å²) < 4.78 is 0. The summed E-state index contributed by atoms with van der Waals surface area (Å²) in [5.74, 6) is 1.88. The van der Waals surface area contributed by atoms with Crippen molar-refractivity contribution >= 4 is 17.5 Å². The molecule has 6 nitrogen and oxygen atoms in total. The highest BCUT2D eigenvalue weighted by Gasteiger charge is 2.22. The van der Waals surface area contributed by atoms with Gasteiger partial charge in [0.25, 0.3) is 0 Å². The molecule has 0 bridgehead atoms. The molecule has 4 N–H and O–H groups in total. The zero-order chi connectivity index (χ0) is 11.7. The van der Waals surface area contributed by atoms with E-state index in [0.717, 1.165) is 5.56 Å². The van der Waals surface area contributed by atoms with Crippen LogP contribution < -0.4 is 16.4 Å². The molecule has 0 aliphatic carbocycles. The fraction of sp³-hybridized carbons (Fsp3) is 0.500. The van der Waals surface area contributed by atoms with Gasteiger partial charge in [0.15, 0.2) is 0 Å². The van der Waals surface area contributed by atoms with E-state index in [9.17, 15) is 4.79 Å². The number of nitrogens with one attached hydrogen (secondary N) is 2. The number of aromatic nitrogens is 2. The minimum Gasteiger partial charge on any atom is -0.383 e. The number of anilines is 2. The zero-order valence-corrected chi connectivity index (χ0v) is 9.37. The third-order valence-electron chi connectivity index (χ3n) is 2.61. The summed E-state index contributed by atoms with van der Waals surface area (Å²) in [6.45, 7) is 4.28. The van der Waals surface area contributed by atoms with Crippen LogP contribution in [0.15, 0.2) is 0 Å². The lowest BCUT2D eigenvalue weighted by atomic mass is 10.2. The minimum absolute atomic E-state index is 0.0638. The summed E-state index contributed by atoms with van der Waals surface area (Å²) >= 11 is 0. The standard InChI is InChI=1S/C10H15N5O/c1-5-9(11)13-6(2)14-10(5)15-7-3-8(16)12-4-7/h7H,3-4H2,1-2H3,(H,12,16)(H3,11,13,14,15). The fourth-order valence-electron chi connectivity index (χ4n) is 1.69. The molecule has 1 unspecified atom stereocenters. The molecular formula is C10H15N5O. The van der Waals surface area contributed by atoms with Gasteiger partial charge < -0.3 is 16.4 Å². The third kappa shape index (κ3) is 2.05. The Morgan fingerprint density at radius 2 is 2.19 bits per heavy atom. The van der Waals surface area contributed by atoms with Crippen LogP contribution >= 0.6 is 0 Å². The summed E-state index contributed by atoms with van der Waals surface area (Å²) in [6, 6.07) is 0.0832. The molecule has 0 saturated carbocycles. The summed E-state index contributed by atoms with van der Waals surface area (Å²) in [6.07, 6.45) is 0.475. The number of nitrogens with two attached hydrogens (primary N) is 1. The van der Waals surface area contributed by atoms with Crippen molar-refractivity contribution in [1.82, 2.24) is 15.3 Å². The molecule has 86 valence electrons. The number of rotatable bonds is 2. The molecule has 2 rings (SSSR count). The molecule has 1 atom stereocenters. The first-order valence-electron chi connectivity index (χ1n) is 5.20. The van der Waals surface area contributed by atoms with E-state index in [4.69, 9.17) is 5.73 Å². The van der Waals surface area contributed by atoms with Crippen LogP contribution in [-0.4, -0.2) is 28.5 Å². The van der Waals surface area contributed by atoms with Crippen molar-refractivity contribution in [2.24, 2.45) is 0 Å². The number of nitrogen functional groups attached to an aromatic ring is 1. The van der Waals surface area contributed by atoms with Crippen LogP contribution in [0.4, 0.5) is 11.6 Å². The number of hydrogen-bond acceptors (Lipinski definition) is 5. The van der Waals surface area contributed by atoms with Gasteiger partial charge in [0.2, 0.25) is 5.91 Å². The Labute approximate surface area is 93.7 Å². The zero-order valence-electron chi connectivity index (χ0n) is 9.37. The average Bonchev–Trinajstić information content (AvgIpc) is 2.60. The van der Waals surface area contributed by atoms with Crippen molar-refractivity contribution in [3.8, 4) is 0 Å². The molecule has 1 aliphatic rings. The van der Waals surface area contributed by atoms with Gasteiger partial charge in [-0.3, -0.25) is 4.79 Å². The number of carbonyl (C=O) groups is 1. The number of hydrogen-bond donors (Lipinski definition) is 3. The van der Waals surface area contributed by atoms with E-state index >= 15 is 0 Å². The third-order valence-corrected chi connectivity index (χ3v) is 2.61. The van der Waals surface area contributed by atoms with Gasteiger partial charge in [-0.05, 0) is 13.8 Å². The number of carbonyl (C=O) groups excluding carboxylic acids is 1. The number of amides is 1. The molecule has 1 aliphatic heterocycles. The SMILES string of the molecule is Cc1nc(N)c(C)c(NC2CNC(=O)C2)n1. The summed E-state index contributed by atoms with van der Waals surface area (Å²) in [5.41, 5.74) is 6.57. The van der Waals surface area contributed by atoms with Gasteiger partial charge in [-0.15, -0.1) is 0 Å². The highest BCUT2D eigenvalue weighted by molar-refractivity contribution is 5.79. The lowest BCUT2D eigenvalue weighted by Crippen LogP contribution is -2.24. The summed E-state index contributed by atoms with van der Waals surface area (Å²) in [7, 11) is 0. The maximum Gasteiger partial charge on any atom is 0.222 e. The van der Waals surface area contributed by atoms with Gasteiger partial charge in [-0.25, -0.2) is 9.97 Å². The van der Waals surface area contributed by atoms with Crippen LogP contribution in [0.2, 0.25) is 0 Å². The molecule has 2 heterocycles. The molecule has 0 aromatic carbocycles. The van der Waals surface area contributed by atoms with E-state index in [-0.39, 0.29) is 11.9 Å². The molecule has 1 saturated heterocycles. The van der Waals surface area contributed by atoms with Crippen LogP contribution in [0.5, 0.6) is 0 Å². The summed E-state index contributed by atoms with van der Waals surface area (Å²) in [4.78, 5) is 19.4.